The number of ether oxygens (including phenoxy) is 1. The van der Waals surface area contributed by atoms with E-state index in [1.54, 1.807) is 0 Å². The summed E-state index contributed by atoms with van der Waals surface area (Å²) in [4.78, 5) is 11.4. The molecule has 0 aromatic heterocycles. The van der Waals surface area contributed by atoms with Crippen LogP contribution in [0.5, 0.6) is 0 Å². The maximum atomic E-state index is 11.4. The minimum atomic E-state index is -0.585. The minimum Gasteiger partial charge on any atom is -0.379 e. The van der Waals surface area contributed by atoms with Gasteiger partial charge in [0.25, 0.3) is 0 Å². The summed E-state index contributed by atoms with van der Waals surface area (Å²) >= 11 is 0. The molecule has 4 nitrogen and oxygen atoms in total. The number of rotatable bonds is 11. The molecule has 0 bridgehead atoms. The Hall–Kier alpha value is -0.610. The smallest absolute Gasteiger partial charge is 0.237 e. The maximum Gasteiger partial charge on any atom is 0.237 e. The summed E-state index contributed by atoms with van der Waals surface area (Å²) in [6.07, 6.45) is 4.09. The van der Waals surface area contributed by atoms with E-state index >= 15 is 0 Å². The second kappa shape index (κ2) is 9.32. The highest BCUT2D eigenvalue weighted by molar-refractivity contribution is 5.84. The predicted octanol–water partition coefficient (Wildman–Crippen LogP) is 2.46. The number of primary amides is 1. The van der Waals surface area contributed by atoms with Gasteiger partial charge in [-0.15, -0.1) is 0 Å². The van der Waals surface area contributed by atoms with E-state index in [-0.39, 0.29) is 5.91 Å². The molecule has 0 aliphatic carbocycles. The average Bonchev–Trinajstić information content (AvgIpc) is 2.27. The molecule has 0 aliphatic heterocycles. The Balaban J connectivity index is 3.81. The second-order valence-electron chi connectivity index (χ2n) is 5.99. The van der Waals surface area contributed by atoms with Gasteiger partial charge in [0, 0.05) is 6.61 Å². The van der Waals surface area contributed by atoms with E-state index in [9.17, 15) is 4.79 Å². The highest BCUT2D eigenvalue weighted by Crippen LogP contribution is 2.14. The van der Waals surface area contributed by atoms with Crippen LogP contribution >= 0.6 is 0 Å². The van der Waals surface area contributed by atoms with Crippen LogP contribution < -0.4 is 11.1 Å². The van der Waals surface area contributed by atoms with Crippen LogP contribution in [0.4, 0.5) is 0 Å². The van der Waals surface area contributed by atoms with E-state index in [0.29, 0.717) is 12.0 Å². The lowest BCUT2D eigenvalue weighted by atomic mass is 9.94. The predicted molar refractivity (Wildman–Crippen MR) is 80.0 cm³/mol. The summed E-state index contributed by atoms with van der Waals surface area (Å²) in [7, 11) is 0. The van der Waals surface area contributed by atoms with Gasteiger partial charge < -0.3 is 15.8 Å². The van der Waals surface area contributed by atoms with Crippen molar-refractivity contribution in [2.75, 3.05) is 13.2 Å². The van der Waals surface area contributed by atoms with Crippen molar-refractivity contribution in [3.63, 3.8) is 0 Å². The molecular weight excluding hydrogens is 240 g/mol. The van der Waals surface area contributed by atoms with Crippen LogP contribution in [0.2, 0.25) is 0 Å². The van der Waals surface area contributed by atoms with Crippen molar-refractivity contribution in [2.24, 2.45) is 11.7 Å². The Morgan fingerprint density at radius 1 is 1.32 bits per heavy atom. The van der Waals surface area contributed by atoms with E-state index in [1.807, 2.05) is 13.8 Å². The molecule has 19 heavy (non-hydrogen) atoms. The number of carbonyl (C=O) groups is 1. The van der Waals surface area contributed by atoms with Gasteiger partial charge in [0.1, 0.15) is 0 Å². The van der Waals surface area contributed by atoms with E-state index in [4.69, 9.17) is 10.5 Å². The lowest BCUT2D eigenvalue weighted by Crippen LogP contribution is -2.53. The van der Waals surface area contributed by atoms with Crippen molar-refractivity contribution in [2.45, 2.75) is 71.9 Å². The molecule has 0 fully saturated rings. The first-order valence-corrected chi connectivity index (χ1v) is 7.48. The number of amides is 1. The molecule has 1 amide bonds. The third-order valence-corrected chi connectivity index (χ3v) is 3.39. The van der Waals surface area contributed by atoms with Crippen LogP contribution in [0.1, 0.15) is 60.3 Å². The standard InChI is InChI=1S/C15H32N2O2/c1-6-17-15(5,14(16)18)9-7-8-10-19-13(4)11-12(2)3/h12-13,17H,6-11H2,1-5H3,(H2,16,18). The monoisotopic (exact) mass is 272 g/mol. The van der Waals surface area contributed by atoms with E-state index in [1.165, 1.54) is 0 Å². The summed E-state index contributed by atoms with van der Waals surface area (Å²) in [6, 6.07) is 0. The molecular formula is C15H32N2O2. The largest absolute Gasteiger partial charge is 0.379 e. The van der Waals surface area contributed by atoms with Gasteiger partial charge in [0.05, 0.1) is 11.6 Å². The molecule has 0 spiro atoms. The van der Waals surface area contributed by atoms with Gasteiger partial charge in [-0.3, -0.25) is 4.79 Å². The lowest BCUT2D eigenvalue weighted by Gasteiger charge is -2.27. The third-order valence-electron chi connectivity index (χ3n) is 3.39. The number of nitrogens with two attached hydrogens (primary N) is 1. The molecule has 114 valence electrons. The first-order chi connectivity index (χ1) is 8.81. The van der Waals surface area contributed by atoms with Crippen molar-refractivity contribution in [1.82, 2.24) is 5.32 Å². The Labute approximate surface area is 118 Å². The quantitative estimate of drug-likeness (QED) is 0.568. The number of hydrogen-bond donors (Lipinski definition) is 2. The van der Waals surface area contributed by atoms with Crippen molar-refractivity contribution in [3.05, 3.63) is 0 Å². The third kappa shape index (κ3) is 8.22. The first-order valence-electron chi connectivity index (χ1n) is 7.48. The summed E-state index contributed by atoms with van der Waals surface area (Å²) < 4.78 is 5.75. The summed E-state index contributed by atoms with van der Waals surface area (Å²) in [5.74, 6) is 0.394. The fourth-order valence-corrected chi connectivity index (χ4v) is 2.29. The average molecular weight is 272 g/mol. The number of likely N-dealkylation sites (N-methyl/N-ethyl adjacent to an activating group) is 1. The van der Waals surface area contributed by atoms with Crippen LogP contribution in [0.25, 0.3) is 0 Å². The second-order valence-corrected chi connectivity index (χ2v) is 5.99. The van der Waals surface area contributed by atoms with Gasteiger partial charge >= 0.3 is 0 Å². The van der Waals surface area contributed by atoms with Crippen LogP contribution in [0.15, 0.2) is 0 Å². The Kier molecular flexibility index (Phi) is 9.02. The fourth-order valence-electron chi connectivity index (χ4n) is 2.29. The lowest BCUT2D eigenvalue weighted by molar-refractivity contribution is -0.124. The Bertz CT molecular complexity index is 257. The maximum absolute atomic E-state index is 11.4. The molecule has 0 rings (SSSR count). The van der Waals surface area contributed by atoms with E-state index < -0.39 is 5.54 Å². The number of carbonyl (C=O) groups excluding carboxylic acids is 1. The van der Waals surface area contributed by atoms with Gasteiger partial charge in [-0.1, -0.05) is 20.8 Å². The van der Waals surface area contributed by atoms with Crippen molar-refractivity contribution in [3.8, 4) is 0 Å². The zero-order chi connectivity index (χ0) is 14.9. The molecule has 3 N–H and O–H groups in total. The first kappa shape index (κ1) is 18.4. The van der Waals surface area contributed by atoms with Gasteiger partial charge in [-0.25, -0.2) is 0 Å². The molecule has 2 unspecified atom stereocenters. The van der Waals surface area contributed by atoms with E-state index in [2.05, 4.69) is 26.1 Å². The number of nitrogens with one attached hydrogen (secondary N) is 1. The normalized spacial score (nSPS) is 16.3. The van der Waals surface area contributed by atoms with Crippen molar-refractivity contribution >= 4 is 5.91 Å². The number of unbranched alkanes of at least 4 members (excludes halogenated alkanes) is 1. The molecule has 2 atom stereocenters. The van der Waals surface area contributed by atoms with Crippen LogP contribution in [-0.4, -0.2) is 30.7 Å². The minimum absolute atomic E-state index is 0.275. The highest BCUT2D eigenvalue weighted by Gasteiger charge is 2.28. The number of hydrogen-bond acceptors (Lipinski definition) is 3. The molecule has 0 radical (unpaired) electrons. The van der Waals surface area contributed by atoms with Gasteiger partial charge in [0.15, 0.2) is 0 Å². The fraction of sp³-hybridized carbons (Fsp3) is 0.933. The van der Waals surface area contributed by atoms with E-state index in [0.717, 1.165) is 38.8 Å². The topological polar surface area (TPSA) is 64.3 Å². The highest BCUT2D eigenvalue weighted by atomic mass is 16.5. The SMILES string of the molecule is CCNC(C)(CCCCOC(C)CC(C)C)C(N)=O. The van der Waals surface area contributed by atoms with Crippen molar-refractivity contribution in [1.29, 1.82) is 0 Å². The Morgan fingerprint density at radius 2 is 1.95 bits per heavy atom. The van der Waals surface area contributed by atoms with Crippen LogP contribution in [0, 0.1) is 5.92 Å². The zero-order valence-electron chi connectivity index (χ0n) is 13.3. The molecule has 0 aromatic rings. The van der Waals surface area contributed by atoms with Gasteiger partial charge in [-0.2, -0.15) is 0 Å². The summed E-state index contributed by atoms with van der Waals surface area (Å²) in [5.41, 5.74) is 4.86. The molecule has 0 heterocycles. The molecule has 0 saturated heterocycles. The molecule has 0 aliphatic rings. The zero-order valence-corrected chi connectivity index (χ0v) is 13.3. The molecule has 0 aromatic carbocycles. The molecule has 4 heteroatoms. The summed E-state index contributed by atoms with van der Waals surface area (Å²) in [5, 5.41) is 3.17. The molecule has 0 saturated carbocycles. The van der Waals surface area contributed by atoms with Gasteiger partial charge in [-0.05, 0) is 52.0 Å². The van der Waals surface area contributed by atoms with Crippen LogP contribution in [0.3, 0.4) is 0 Å². The summed E-state index contributed by atoms with van der Waals surface area (Å²) in [6.45, 7) is 11.9. The van der Waals surface area contributed by atoms with Crippen LogP contribution in [-0.2, 0) is 9.53 Å². The van der Waals surface area contributed by atoms with Gasteiger partial charge in [0.2, 0.25) is 5.91 Å². The Morgan fingerprint density at radius 3 is 2.42 bits per heavy atom. The van der Waals surface area contributed by atoms with Crippen molar-refractivity contribution < 1.29 is 9.53 Å².